The summed E-state index contributed by atoms with van der Waals surface area (Å²) in [7, 11) is 0. The first-order valence-electron chi connectivity index (χ1n) is 6.04. The fourth-order valence-corrected chi connectivity index (χ4v) is 2.63. The quantitative estimate of drug-likeness (QED) is 0.734. The molecule has 0 spiro atoms. The van der Waals surface area contributed by atoms with Crippen LogP contribution in [0.25, 0.3) is 0 Å². The van der Waals surface area contributed by atoms with Crippen molar-refractivity contribution < 1.29 is 0 Å². The fraction of sp³-hybridized carbons (Fsp3) is 1.00. The van der Waals surface area contributed by atoms with E-state index in [1.807, 2.05) is 0 Å². The van der Waals surface area contributed by atoms with Gasteiger partial charge in [0.2, 0.25) is 0 Å². The van der Waals surface area contributed by atoms with E-state index in [-0.39, 0.29) is 5.54 Å². The van der Waals surface area contributed by atoms with Crippen molar-refractivity contribution in [3.05, 3.63) is 0 Å². The minimum atomic E-state index is 0.161. The zero-order valence-corrected chi connectivity index (χ0v) is 10.2. The monoisotopic (exact) mass is 198 g/mol. The van der Waals surface area contributed by atoms with Gasteiger partial charge >= 0.3 is 0 Å². The van der Waals surface area contributed by atoms with Crippen molar-refractivity contribution in [3.63, 3.8) is 0 Å². The van der Waals surface area contributed by atoms with Crippen molar-refractivity contribution in [2.45, 2.75) is 58.5 Å². The topological polar surface area (TPSA) is 29.3 Å². The molecule has 0 aromatic rings. The fourth-order valence-electron chi connectivity index (χ4n) is 2.63. The Bertz CT molecular complexity index is 169. The molecule has 1 unspecified atom stereocenters. The lowest BCUT2D eigenvalue weighted by atomic mass is 9.72. The number of nitrogens with zero attached hydrogens (tertiary/aromatic N) is 1. The first-order valence-corrected chi connectivity index (χ1v) is 6.04. The molecule has 2 heteroatoms. The highest BCUT2D eigenvalue weighted by molar-refractivity contribution is 4.97. The standard InChI is InChI=1S/C12H26N2/c1-5-14(6-2)12(3,4)11(13)10-8-7-9-10/h10-11H,5-9,13H2,1-4H3. The summed E-state index contributed by atoms with van der Waals surface area (Å²) in [5.41, 5.74) is 6.53. The lowest BCUT2D eigenvalue weighted by molar-refractivity contribution is 0.0613. The first-order chi connectivity index (χ1) is 6.54. The smallest absolute Gasteiger partial charge is 0.0306 e. The Morgan fingerprint density at radius 1 is 1.29 bits per heavy atom. The summed E-state index contributed by atoms with van der Waals surface area (Å²) in [6, 6.07) is 0.344. The maximum Gasteiger partial charge on any atom is 0.0306 e. The van der Waals surface area contributed by atoms with Crippen LogP contribution in [0.5, 0.6) is 0 Å². The predicted molar refractivity (Wildman–Crippen MR) is 62.3 cm³/mol. The van der Waals surface area contributed by atoms with Gasteiger partial charge in [0.25, 0.3) is 0 Å². The highest BCUT2D eigenvalue weighted by Crippen LogP contribution is 2.34. The molecule has 0 bridgehead atoms. The highest BCUT2D eigenvalue weighted by Gasteiger charge is 2.38. The molecule has 0 radical (unpaired) electrons. The lowest BCUT2D eigenvalue weighted by Gasteiger charge is -2.47. The summed E-state index contributed by atoms with van der Waals surface area (Å²) in [5.74, 6) is 0.769. The minimum Gasteiger partial charge on any atom is -0.326 e. The molecular formula is C12H26N2. The highest BCUT2D eigenvalue weighted by atomic mass is 15.2. The minimum absolute atomic E-state index is 0.161. The Labute approximate surface area is 88.8 Å². The zero-order valence-electron chi connectivity index (χ0n) is 10.2. The molecule has 2 N–H and O–H groups in total. The second-order valence-electron chi connectivity index (χ2n) is 5.04. The summed E-state index contributed by atoms with van der Waals surface area (Å²) < 4.78 is 0. The van der Waals surface area contributed by atoms with E-state index in [9.17, 15) is 0 Å². The van der Waals surface area contributed by atoms with Crippen LogP contribution in [-0.4, -0.2) is 29.6 Å². The van der Waals surface area contributed by atoms with E-state index in [1.165, 1.54) is 19.3 Å². The van der Waals surface area contributed by atoms with Crippen LogP contribution in [0.4, 0.5) is 0 Å². The second-order valence-corrected chi connectivity index (χ2v) is 5.04. The molecule has 1 aliphatic carbocycles. The van der Waals surface area contributed by atoms with E-state index in [2.05, 4.69) is 32.6 Å². The summed E-state index contributed by atoms with van der Waals surface area (Å²) in [5, 5.41) is 0. The molecule has 0 heterocycles. The Morgan fingerprint density at radius 2 is 1.79 bits per heavy atom. The normalized spacial score (nSPS) is 21.0. The van der Waals surface area contributed by atoms with Gasteiger partial charge in [-0.2, -0.15) is 0 Å². The Hall–Kier alpha value is -0.0800. The van der Waals surface area contributed by atoms with Crippen LogP contribution < -0.4 is 5.73 Å². The van der Waals surface area contributed by atoms with Gasteiger partial charge in [0.1, 0.15) is 0 Å². The van der Waals surface area contributed by atoms with E-state index in [4.69, 9.17) is 5.73 Å². The summed E-state index contributed by atoms with van der Waals surface area (Å²) in [6.45, 7) is 11.2. The molecule has 1 atom stereocenters. The molecule has 14 heavy (non-hydrogen) atoms. The molecule has 84 valence electrons. The molecule has 0 saturated heterocycles. The molecule has 1 fully saturated rings. The summed E-state index contributed by atoms with van der Waals surface area (Å²) >= 11 is 0. The van der Waals surface area contributed by atoms with Crippen LogP contribution in [0.3, 0.4) is 0 Å². The number of nitrogens with two attached hydrogens (primary N) is 1. The second kappa shape index (κ2) is 4.63. The van der Waals surface area contributed by atoms with Gasteiger partial charge < -0.3 is 5.73 Å². The van der Waals surface area contributed by atoms with Crippen LogP contribution >= 0.6 is 0 Å². The molecule has 2 nitrogen and oxygen atoms in total. The Morgan fingerprint density at radius 3 is 2.07 bits per heavy atom. The van der Waals surface area contributed by atoms with Crippen LogP contribution in [0, 0.1) is 5.92 Å². The van der Waals surface area contributed by atoms with Crippen LogP contribution in [0.15, 0.2) is 0 Å². The largest absolute Gasteiger partial charge is 0.326 e. The molecule has 1 aliphatic rings. The van der Waals surface area contributed by atoms with E-state index in [1.54, 1.807) is 0 Å². The number of hydrogen-bond acceptors (Lipinski definition) is 2. The molecule has 0 amide bonds. The summed E-state index contributed by atoms with van der Waals surface area (Å²) in [6.07, 6.45) is 4.06. The molecule has 1 saturated carbocycles. The van der Waals surface area contributed by atoms with Gasteiger partial charge in [0.05, 0.1) is 0 Å². The number of likely N-dealkylation sites (N-methyl/N-ethyl adjacent to an activating group) is 1. The first kappa shape index (κ1) is 12.0. The van der Waals surface area contributed by atoms with Crippen molar-refractivity contribution in [3.8, 4) is 0 Å². The van der Waals surface area contributed by atoms with E-state index >= 15 is 0 Å². The number of rotatable bonds is 5. The van der Waals surface area contributed by atoms with E-state index in [0.717, 1.165) is 19.0 Å². The third-order valence-electron chi connectivity index (χ3n) is 4.05. The van der Waals surface area contributed by atoms with Crippen LogP contribution in [0.2, 0.25) is 0 Å². The van der Waals surface area contributed by atoms with Gasteiger partial charge in [-0.05, 0) is 45.7 Å². The van der Waals surface area contributed by atoms with Crippen molar-refractivity contribution in [2.75, 3.05) is 13.1 Å². The van der Waals surface area contributed by atoms with E-state index < -0.39 is 0 Å². The zero-order chi connectivity index (χ0) is 10.8. The third-order valence-corrected chi connectivity index (χ3v) is 4.05. The molecule has 1 rings (SSSR count). The van der Waals surface area contributed by atoms with E-state index in [0.29, 0.717) is 6.04 Å². The average Bonchev–Trinajstić information content (AvgIpc) is 2.02. The predicted octanol–water partition coefficient (Wildman–Crippen LogP) is 2.23. The lowest BCUT2D eigenvalue weighted by Crippen LogP contribution is -2.59. The van der Waals surface area contributed by atoms with Crippen molar-refractivity contribution in [1.82, 2.24) is 4.90 Å². The molecule has 0 aromatic heterocycles. The third kappa shape index (κ3) is 2.12. The maximum atomic E-state index is 6.37. The molecular weight excluding hydrogens is 172 g/mol. The Kier molecular flexibility index (Phi) is 3.96. The average molecular weight is 198 g/mol. The van der Waals surface area contributed by atoms with Gasteiger partial charge in [-0.25, -0.2) is 0 Å². The summed E-state index contributed by atoms with van der Waals surface area (Å²) in [4.78, 5) is 2.48. The van der Waals surface area contributed by atoms with Gasteiger partial charge in [-0.3, -0.25) is 4.90 Å². The van der Waals surface area contributed by atoms with Crippen LogP contribution in [0.1, 0.15) is 47.0 Å². The SMILES string of the molecule is CCN(CC)C(C)(C)C(N)C1CCC1. The number of hydrogen-bond donors (Lipinski definition) is 1. The van der Waals surface area contributed by atoms with Crippen LogP contribution in [-0.2, 0) is 0 Å². The molecule has 0 aliphatic heterocycles. The van der Waals surface area contributed by atoms with Crippen molar-refractivity contribution >= 4 is 0 Å². The molecule has 0 aromatic carbocycles. The van der Waals surface area contributed by atoms with Gasteiger partial charge in [-0.1, -0.05) is 20.3 Å². The van der Waals surface area contributed by atoms with Crippen molar-refractivity contribution in [1.29, 1.82) is 0 Å². The van der Waals surface area contributed by atoms with Gasteiger partial charge in [0.15, 0.2) is 0 Å². The van der Waals surface area contributed by atoms with Gasteiger partial charge in [-0.15, -0.1) is 0 Å². The Balaban J connectivity index is 2.60. The van der Waals surface area contributed by atoms with Crippen molar-refractivity contribution in [2.24, 2.45) is 11.7 Å². The van der Waals surface area contributed by atoms with Gasteiger partial charge in [0, 0.05) is 11.6 Å². The maximum absolute atomic E-state index is 6.37.